The summed E-state index contributed by atoms with van der Waals surface area (Å²) in [6.45, 7) is 1.23. The molecule has 244 valence electrons. The highest BCUT2D eigenvalue weighted by atomic mass is 35.5. The SMILES string of the molecule is COc1ccc(CN(c2cscn2)S(=O)(=O)c2cc(Cl)c(N(C)[C@H]3CCN(C4(c5ccccc5F)CCC4)C3)cc2F)c(OC)c1. The lowest BCUT2D eigenvalue weighted by Crippen LogP contribution is -2.51. The van der Waals surface area contributed by atoms with Crippen molar-refractivity contribution in [2.45, 2.75) is 48.7 Å². The Balaban J connectivity index is 1.27. The molecular formula is C33H35ClF2N4O4S2. The van der Waals surface area contributed by atoms with Gasteiger partial charge in [-0.1, -0.05) is 29.8 Å². The van der Waals surface area contributed by atoms with Gasteiger partial charge in [-0.2, -0.15) is 0 Å². The van der Waals surface area contributed by atoms with Crippen LogP contribution < -0.4 is 18.7 Å². The zero-order valence-electron chi connectivity index (χ0n) is 25.8. The molecule has 3 aromatic carbocycles. The van der Waals surface area contributed by atoms with E-state index in [1.54, 1.807) is 29.6 Å². The average molecular weight is 689 g/mol. The van der Waals surface area contributed by atoms with Crippen molar-refractivity contribution in [1.29, 1.82) is 0 Å². The number of anilines is 2. The first-order valence-corrected chi connectivity index (χ1v) is 17.7. The van der Waals surface area contributed by atoms with Crippen LogP contribution in [-0.2, 0) is 22.1 Å². The summed E-state index contributed by atoms with van der Waals surface area (Å²) in [5.41, 5.74) is 2.80. The molecular weight excluding hydrogens is 654 g/mol. The molecule has 4 aromatic rings. The first kappa shape index (κ1) is 32.5. The maximum atomic E-state index is 16.0. The normalized spacial score (nSPS) is 17.8. The summed E-state index contributed by atoms with van der Waals surface area (Å²) in [7, 11) is 0.361. The summed E-state index contributed by atoms with van der Waals surface area (Å²) < 4.78 is 70.8. The van der Waals surface area contributed by atoms with Crippen molar-refractivity contribution in [2.24, 2.45) is 0 Å². The maximum absolute atomic E-state index is 16.0. The van der Waals surface area contributed by atoms with Gasteiger partial charge in [0.25, 0.3) is 10.0 Å². The fourth-order valence-electron chi connectivity index (χ4n) is 6.61. The van der Waals surface area contributed by atoms with Crippen LogP contribution in [0.2, 0.25) is 5.02 Å². The molecule has 13 heteroatoms. The number of halogens is 3. The number of benzene rings is 3. The number of hydrogen-bond donors (Lipinski definition) is 0. The molecule has 8 nitrogen and oxygen atoms in total. The predicted molar refractivity (Wildman–Crippen MR) is 177 cm³/mol. The van der Waals surface area contributed by atoms with Gasteiger partial charge in [-0.3, -0.25) is 4.90 Å². The highest BCUT2D eigenvalue weighted by molar-refractivity contribution is 7.92. The van der Waals surface area contributed by atoms with Crippen LogP contribution in [0.15, 0.2) is 70.4 Å². The van der Waals surface area contributed by atoms with Crippen LogP contribution in [0.25, 0.3) is 0 Å². The molecule has 0 bridgehead atoms. The Labute approximate surface area is 277 Å². The van der Waals surface area contributed by atoms with Crippen molar-refractivity contribution in [3.05, 3.63) is 93.3 Å². The second-order valence-electron chi connectivity index (χ2n) is 11.6. The highest BCUT2D eigenvalue weighted by Gasteiger charge is 2.48. The molecule has 2 fully saturated rings. The Morgan fingerprint density at radius 2 is 1.87 bits per heavy atom. The molecule has 0 N–H and O–H groups in total. The second-order valence-corrected chi connectivity index (χ2v) is 14.6. The Kier molecular flexibility index (Phi) is 9.17. The fourth-order valence-corrected chi connectivity index (χ4v) is 9.04. The van der Waals surface area contributed by atoms with Gasteiger partial charge in [0.05, 0.1) is 37.0 Å². The van der Waals surface area contributed by atoms with Crippen LogP contribution in [0.4, 0.5) is 20.3 Å². The van der Waals surface area contributed by atoms with E-state index in [9.17, 15) is 12.8 Å². The van der Waals surface area contributed by atoms with E-state index in [-0.39, 0.29) is 34.8 Å². The van der Waals surface area contributed by atoms with E-state index in [0.29, 0.717) is 29.3 Å². The molecule has 0 spiro atoms. The van der Waals surface area contributed by atoms with Gasteiger partial charge in [-0.05, 0) is 49.9 Å². The van der Waals surface area contributed by atoms with E-state index in [1.807, 2.05) is 24.1 Å². The van der Waals surface area contributed by atoms with E-state index >= 15 is 4.39 Å². The number of sulfonamides is 1. The number of likely N-dealkylation sites (N-methyl/N-ethyl adjacent to an activating group) is 1. The number of hydrogen-bond acceptors (Lipinski definition) is 8. The Hall–Kier alpha value is -3.45. The van der Waals surface area contributed by atoms with Crippen LogP contribution in [0, 0.1) is 11.6 Å². The van der Waals surface area contributed by atoms with Crippen LogP contribution in [0.3, 0.4) is 0 Å². The minimum absolute atomic E-state index is 0.0300. The lowest BCUT2D eigenvalue weighted by molar-refractivity contribution is 0.0280. The topological polar surface area (TPSA) is 75.2 Å². The minimum Gasteiger partial charge on any atom is -0.497 e. The number of ether oxygens (including phenoxy) is 2. The molecule has 1 aliphatic heterocycles. The largest absolute Gasteiger partial charge is 0.497 e. The van der Waals surface area contributed by atoms with Gasteiger partial charge in [0.1, 0.15) is 28.0 Å². The summed E-state index contributed by atoms with van der Waals surface area (Å²) in [6, 6.07) is 14.3. The Bertz CT molecular complexity index is 1820. The lowest BCUT2D eigenvalue weighted by Gasteiger charge is -2.49. The standard InChI is InChI=1S/C33H35ClF2N4O4S2/c1-38(23-11-14-39(19-23)33(12-6-13-33)25-7-4-5-8-27(25)35)29-17-28(36)31(16-26(29)34)46(41,42)40(32-20-45-21-37-32)18-22-9-10-24(43-2)15-30(22)44-3/h4-5,7-10,15-17,20-21,23H,6,11-14,18-19H2,1-3H3/t23-/m0/s1. The monoisotopic (exact) mass is 688 g/mol. The molecule has 1 atom stereocenters. The van der Waals surface area contributed by atoms with E-state index in [4.69, 9.17) is 21.1 Å². The van der Waals surface area contributed by atoms with E-state index in [0.717, 1.165) is 42.1 Å². The molecule has 1 saturated heterocycles. The first-order valence-electron chi connectivity index (χ1n) is 14.9. The summed E-state index contributed by atoms with van der Waals surface area (Å²) >= 11 is 7.95. The highest BCUT2D eigenvalue weighted by Crippen LogP contribution is 2.49. The van der Waals surface area contributed by atoms with Crippen molar-refractivity contribution in [2.75, 3.05) is 43.6 Å². The number of methoxy groups -OCH3 is 2. The third kappa shape index (κ3) is 5.80. The summed E-state index contributed by atoms with van der Waals surface area (Å²) in [6.07, 6.45) is 3.56. The van der Waals surface area contributed by atoms with Gasteiger partial charge >= 0.3 is 0 Å². The predicted octanol–water partition coefficient (Wildman–Crippen LogP) is 7.08. The second kappa shape index (κ2) is 13.0. The first-order chi connectivity index (χ1) is 22.1. The third-order valence-corrected chi connectivity index (χ3v) is 11.9. The molecule has 6 rings (SSSR count). The number of aromatic nitrogens is 1. The summed E-state index contributed by atoms with van der Waals surface area (Å²) in [4.78, 5) is 7.89. The number of nitrogens with zero attached hydrogens (tertiary/aromatic N) is 4. The molecule has 46 heavy (non-hydrogen) atoms. The van der Waals surface area contributed by atoms with Crippen LogP contribution in [0.5, 0.6) is 11.5 Å². The van der Waals surface area contributed by atoms with Gasteiger partial charge < -0.3 is 14.4 Å². The van der Waals surface area contributed by atoms with E-state index in [2.05, 4.69) is 9.88 Å². The number of rotatable bonds is 11. The van der Waals surface area contributed by atoms with Gasteiger partial charge in [0.2, 0.25) is 0 Å². The van der Waals surface area contributed by atoms with Gasteiger partial charge in [0.15, 0.2) is 5.82 Å². The quantitative estimate of drug-likeness (QED) is 0.167. The Morgan fingerprint density at radius 3 is 2.52 bits per heavy atom. The number of thiazole rings is 1. The van der Waals surface area contributed by atoms with E-state index < -0.39 is 20.7 Å². The van der Waals surface area contributed by atoms with Crippen molar-refractivity contribution < 1.29 is 26.7 Å². The van der Waals surface area contributed by atoms with Gasteiger partial charge in [-0.15, -0.1) is 11.3 Å². The molecule has 1 aromatic heterocycles. The zero-order valence-corrected chi connectivity index (χ0v) is 28.1. The fraction of sp³-hybridized carbons (Fsp3) is 0.364. The van der Waals surface area contributed by atoms with Crippen LogP contribution in [0.1, 0.15) is 36.8 Å². The summed E-state index contributed by atoms with van der Waals surface area (Å²) in [5, 5.41) is 1.69. The smallest absolute Gasteiger partial charge is 0.268 e. The van der Waals surface area contributed by atoms with Crippen molar-refractivity contribution in [3.8, 4) is 11.5 Å². The van der Waals surface area contributed by atoms with E-state index in [1.165, 1.54) is 49.3 Å². The zero-order chi connectivity index (χ0) is 32.6. The third-order valence-electron chi connectivity index (χ3n) is 9.30. The molecule has 1 aliphatic carbocycles. The molecule has 2 aliphatic rings. The maximum Gasteiger partial charge on any atom is 0.268 e. The minimum atomic E-state index is -4.47. The van der Waals surface area contributed by atoms with Gasteiger partial charge in [0, 0.05) is 60.4 Å². The molecule has 0 unspecified atom stereocenters. The van der Waals surface area contributed by atoms with Crippen molar-refractivity contribution in [3.63, 3.8) is 0 Å². The molecule has 0 amide bonds. The van der Waals surface area contributed by atoms with Crippen molar-refractivity contribution >= 4 is 44.5 Å². The summed E-state index contributed by atoms with van der Waals surface area (Å²) in [5.74, 6) is -0.0236. The van der Waals surface area contributed by atoms with Crippen LogP contribution in [-0.4, -0.2) is 58.7 Å². The molecule has 2 heterocycles. The molecule has 1 saturated carbocycles. The molecule has 0 radical (unpaired) electrons. The van der Waals surface area contributed by atoms with Crippen LogP contribution >= 0.6 is 22.9 Å². The van der Waals surface area contributed by atoms with Crippen molar-refractivity contribution in [1.82, 2.24) is 9.88 Å². The average Bonchev–Trinajstić information content (AvgIpc) is 3.74. The Morgan fingerprint density at radius 1 is 1.09 bits per heavy atom. The lowest BCUT2D eigenvalue weighted by atomic mass is 9.70. The van der Waals surface area contributed by atoms with Gasteiger partial charge in [-0.25, -0.2) is 26.5 Å². The number of likely N-dealkylation sites (tertiary alicyclic amines) is 1.